The molecule has 0 aromatic heterocycles. The van der Waals surface area contributed by atoms with E-state index in [2.05, 4.69) is 5.32 Å². The van der Waals surface area contributed by atoms with Gasteiger partial charge in [0.2, 0.25) is 0 Å². The highest BCUT2D eigenvalue weighted by atomic mass is 32.2. The SMILES string of the molecule is COc1cc(C(=O)Nc2ccccc2SCC(F)(F)F)ccc1OCC(=O)N1CCOCC1. The zero-order chi connectivity index (χ0) is 23.8. The fourth-order valence-electron chi connectivity index (χ4n) is 3.02. The van der Waals surface area contributed by atoms with Crippen molar-refractivity contribution < 1.29 is 37.0 Å². The van der Waals surface area contributed by atoms with E-state index in [0.717, 1.165) is 0 Å². The fraction of sp³-hybridized carbons (Fsp3) is 0.364. The molecule has 0 unspecified atom stereocenters. The largest absolute Gasteiger partial charge is 0.493 e. The molecule has 1 aliphatic heterocycles. The molecule has 178 valence electrons. The Morgan fingerprint density at radius 2 is 1.85 bits per heavy atom. The van der Waals surface area contributed by atoms with Crippen molar-refractivity contribution in [1.82, 2.24) is 4.90 Å². The number of amides is 2. The number of benzene rings is 2. The second-order valence-electron chi connectivity index (χ2n) is 7.00. The second-order valence-corrected chi connectivity index (χ2v) is 8.02. The monoisotopic (exact) mass is 484 g/mol. The number of ether oxygens (including phenoxy) is 3. The summed E-state index contributed by atoms with van der Waals surface area (Å²) in [5.74, 6) is -1.24. The number of carbonyl (C=O) groups is 2. The smallest absolute Gasteiger partial charge is 0.398 e. The van der Waals surface area contributed by atoms with E-state index in [1.54, 1.807) is 17.0 Å². The minimum absolute atomic E-state index is 0.185. The number of nitrogens with one attached hydrogen (secondary N) is 1. The zero-order valence-corrected chi connectivity index (χ0v) is 18.6. The second kappa shape index (κ2) is 11.3. The number of hydrogen-bond acceptors (Lipinski definition) is 6. The molecule has 0 spiro atoms. The van der Waals surface area contributed by atoms with Crippen LogP contribution in [0.3, 0.4) is 0 Å². The Labute approximate surface area is 193 Å². The number of rotatable bonds is 8. The van der Waals surface area contributed by atoms with Crippen LogP contribution in [0.1, 0.15) is 10.4 Å². The predicted molar refractivity (Wildman–Crippen MR) is 117 cm³/mol. The van der Waals surface area contributed by atoms with E-state index < -0.39 is 17.8 Å². The van der Waals surface area contributed by atoms with Crippen molar-refractivity contribution in [2.45, 2.75) is 11.1 Å². The maximum Gasteiger partial charge on any atom is 0.398 e. The molecule has 3 rings (SSSR count). The minimum atomic E-state index is -4.33. The first kappa shape index (κ1) is 24.7. The Hall–Kier alpha value is -2.92. The lowest BCUT2D eigenvalue weighted by Gasteiger charge is -2.26. The molecule has 2 amide bonds. The molecule has 2 aromatic rings. The first-order valence-electron chi connectivity index (χ1n) is 10.0. The molecule has 1 heterocycles. The molecule has 1 aliphatic rings. The number of anilines is 1. The molecule has 2 aromatic carbocycles. The van der Waals surface area contributed by atoms with Gasteiger partial charge in [-0.2, -0.15) is 13.2 Å². The highest BCUT2D eigenvalue weighted by molar-refractivity contribution is 7.99. The van der Waals surface area contributed by atoms with Crippen LogP contribution in [0.15, 0.2) is 47.4 Å². The number of alkyl halides is 3. The number of halogens is 3. The van der Waals surface area contributed by atoms with E-state index in [-0.39, 0.29) is 35.3 Å². The molecule has 7 nitrogen and oxygen atoms in total. The van der Waals surface area contributed by atoms with E-state index in [9.17, 15) is 22.8 Å². The van der Waals surface area contributed by atoms with Crippen LogP contribution in [0, 0.1) is 0 Å². The Morgan fingerprint density at radius 3 is 2.55 bits per heavy atom. The van der Waals surface area contributed by atoms with Crippen LogP contribution in [0.2, 0.25) is 0 Å². The number of hydrogen-bond donors (Lipinski definition) is 1. The Bertz CT molecular complexity index is 981. The van der Waals surface area contributed by atoms with Crippen molar-refractivity contribution in [3.05, 3.63) is 48.0 Å². The third-order valence-electron chi connectivity index (χ3n) is 4.67. The standard InChI is InChI=1S/C22H23F3N2O5S/c1-30-18-12-15(6-7-17(18)32-13-20(28)27-8-10-31-11-9-27)21(29)26-16-4-2-3-5-19(16)33-14-22(23,24)25/h2-7,12H,8-11,13-14H2,1H3,(H,26,29). The molecule has 1 fully saturated rings. The molecule has 0 saturated carbocycles. The van der Waals surface area contributed by atoms with Crippen molar-refractivity contribution >= 4 is 29.3 Å². The van der Waals surface area contributed by atoms with Crippen LogP contribution in [0.5, 0.6) is 11.5 Å². The van der Waals surface area contributed by atoms with E-state index in [1.807, 2.05) is 0 Å². The van der Waals surface area contributed by atoms with Crippen molar-refractivity contribution in [3.63, 3.8) is 0 Å². The normalized spacial score (nSPS) is 14.0. The molecule has 33 heavy (non-hydrogen) atoms. The van der Waals surface area contributed by atoms with Gasteiger partial charge in [-0.3, -0.25) is 9.59 Å². The maximum absolute atomic E-state index is 12.7. The summed E-state index contributed by atoms with van der Waals surface area (Å²) >= 11 is 0.594. The van der Waals surface area contributed by atoms with Crippen molar-refractivity contribution in [2.75, 3.05) is 51.1 Å². The molecular formula is C22H23F3N2O5S. The van der Waals surface area contributed by atoms with E-state index in [4.69, 9.17) is 14.2 Å². The summed E-state index contributed by atoms with van der Waals surface area (Å²) < 4.78 is 53.8. The van der Waals surface area contributed by atoms with Gasteiger partial charge in [-0.1, -0.05) is 12.1 Å². The summed E-state index contributed by atoms with van der Waals surface area (Å²) in [6.45, 7) is 1.78. The average Bonchev–Trinajstić information content (AvgIpc) is 2.81. The van der Waals surface area contributed by atoms with Crippen molar-refractivity contribution in [3.8, 4) is 11.5 Å². The lowest BCUT2D eigenvalue weighted by molar-refractivity contribution is -0.137. The zero-order valence-electron chi connectivity index (χ0n) is 17.8. The maximum atomic E-state index is 12.7. The topological polar surface area (TPSA) is 77.1 Å². The van der Waals surface area contributed by atoms with E-state index >= 15 is 0 Å². The van der Waals surface area contributed by atoms with Gasteiger partial charge in [0.25, 0.3) is 11.8 Å². The molecule has 0 aliphatic carbocycles. The Kier molecular flexibility index (Phi) is 8.45. The van der Waals surface area contributed by atoms with Crippen LogP contribution in [0.25, 0.3) is 0 Å². The Balaban J connectivity index is 1.65. The number of para-hydroxylation sites is 1. The molecular weight excluding hydrogens is 461 g/mol. The number of morpholine rings is 1. The summed E-state index contributed by atoms with van der Waals surface area (Å²) in [4.78, 5) is 26.9. The summed E-state index contributed by atoms with van der Waals surface area (Å²) in [6.07, 6.45) is -4.33. The molecule has 0 atom stereocenters. The molecule has 1 saturated heterocycles. The van der Waals surface area contributed by atoms with Gasteiger partial charge >= 0.3 is 6.18 Å². The van der Waals surface area contributed by atoms with Crippen LogP contribution in [-0.2, 0) is 9.53 Å². The number of methoxy groups -OCH3 is 1. The van der Waals surface area contributed by atoms with E-state index in [1.165, 1.54) is 37.4 Å². The van der Waals surface area contributed by atoms with Crippen molar-refractivity contribution in [1.29, 1.82) is 0 Å². The van der Waals surface area contributed by atoms with Crippen molar-refractivity contribution in [2.24, 2.45) is 0 Å². The first-order valence-corrected chi connectivity index (χ1v) is 11.0. The van der Waals surface area contributed by atoms with Crippen LogP contribution in [-0.4, -0.2) is 68.7 Å². The van der Waals surface area contributed by atoms with Crippen LogP contribution < -0.4 is 14.8 Å². The predicted octanol–water partition coefficient (Wildman–Crippen LogP) is 3.84. The quantitative estimate of drug-likeness (QED) is 0.574. The highest BCUT2D eigenvalue weighted by Gasteiger charge is 2.28. The minimum Gasteiger partial charge on any atom is -0.493 e. The van der Waals surface area contributed by atoms with E-state index in [0.29, 0.717) is 43.0 Å². The highest BCUT2D eigenvalue weighted by Crippen LogP contribution is 2.33. The third-order valence-corrected chi connectivity index (χ3v) is 5.81. The van der Waals surface area contributed by atoms with Gasteiger partial charge in [0.05, 0.1) is 31.8 Å². The lowest BCUT2D eigenvalue weighted by atomic mass is 10.2. The van der Waals surface area contributed by atoms with Crippen LogP contribution >= 0.6 is 11.8 Å². The van der Waals surface area contributed by atoms with Gasteiger partial charge in [0.15, 0.2) is 18.1 Å². The summed E-state index contributed by atoms with van der Waals surface area (Å²) in [6, 6.07) is 10.7. The molecule has 0 bridgehead atoms. The van der Waals surface area contributed by atoms with Gasteiger partial charge in [-0.05, 0) is 30.3 Å². The molecule has 11 heteroatoms. The molecule has 1 N–H and O–H groups in total. The van der Waals surface area contributed by atoms with Gasteiger partial charge in [0.1, 0.15) is 0 Å². The first-order chi connectivity index (χ1) is 15.8. The summed E-state index contributed by atoms with van der Waals surface area (Å²) in [5.41, 5.74) is 0.487. The summed E-state index contributed by atoms with van der Waals surface area (Å²) in [7, 11) is 1.40. The fourth-order valence-corrected chi connectivity index (χ4v) is 3.79. The van der Waals surface area contributed by atoms with Gasteiger partial charge in [0, 0.05) is 23.5 Å². The van der Waals surface area contributed by atoms with Gasteiger partial charge in [-0.15, -0.1) is 11.8 Å². The van der Waals surface area contributed by atoms with Gasteiger partial charge < -0.3 is 24.4 Å². The van der Waals surface area contributed by atoms with Gasteiger partial charge in [-0.25, -0.2) is 0 Å². The number of thioether (sulfide) groups is 1. The van der Waals surface area contributed by atoms with Crippen LogP contribution in [0.4, 0.5) is 18.9 Å². The molecule has 0 radical (unpaired) electrons. The number of nitrogens with zero attached hydrogens (tertiary/aromatic N) is 1. The third kappa shape index (κ3) is 7.29. The summed E-state index contributed by atoms with van der Waals surface area (Å²) in [5, 5.41) is 2.63. The average molecular weight is 484 g/mol. The lowest BCUT2D eigenvalue weighted by Crippen LogP contribution is -2.43. The number of carbonyl (C=O) groups excluding carboxylic acids is 2. The Morgan fingerprint density at radius 1 is 1.12 bits per heavy atom.